The third kappa shape index (κ3) is 2.41. The highest BCUT2D eigenvalue weighted by atomic mass is 35.5. The zero-order valence-electron chi connectivity index (χ0n) is 12.9. The number of aromatic nitrogens is 4. The number of halogens is 1. The molecule has 0 spiro atoms. The Morgan fingerprint density at radius 3 is 2.64 bits per heavy atom. The van der Waals surface area contributed by atoms with E-state index in [-0.39, 0.29) is 0 Å². The lowest BCUT2D eigenvalue weighted by Gasteiger charge is -2.19. The maximum atomic E-state index is 6.23. The second kappa shape index (κ2) is 5.93. The van der Waals surface area contributed by atoms with Gasteiger partial charge in [-0.05, 0) is 38.5 Å². The molecule has 3 rings (SSSR count). The standard InChI is InChI=1S/C16H18ClN5/c1-4-21(5-2)15-13-9-20-22(16(13)19-10-18-15)12-7-6-11(3)14(17)8-12/h6-10H,4-5H2,1-3H3. The molecule has 0 radical (unpaired) electrons. The molecule has 2 heterocycles. The quantitative estimate of drug-likeness (QED) is 0.737. The zero-order valence-corrected chi connectivity index (χ0v) is 13.7. The Hall–Kier alpha value is -2.14. The predicted molar refractivity (Wildman–Crippen MR) is 90.0 cm³/mol. The monoisotopic (exact) mass is 315 g/mol. The van der Waals surface area contributed by atoms with Crippen molar-refractivity contribution in [1.82, 2.24) is 19.7 Å². The molecule has 0 amide bonds. The van der Waals surface area contributed by atoms with Gasteiger partial charge in [0.1, 0.15) is 12.1 Å². The highest BCUT2D eigenvalue weighted by molar-refractivity contribution is 6.31. The van der Waals surface area contributed by atoms with Gasteiger partial charge in [-0.1, -0.05) is 17.7 Å². The minimum atomic E-state index is 0.721. The van der Waals surface area contributed by atoms with Gasteiger partial charge in [-0.3, -0.25) is 0 Å². The number of hydrogen-bond acceptors (Lipinski definition) is 4. The second-order valence-electron chi connectivity index (χ2n) is 5.10. The molecule has 0 bridgehead atoms. The molecule has 0 N–H and O–H groups in total. The van der Waals surface area contributed by atoms with Gasteiger partial charge in [-0.2, -0.15) is 5.10 Å². The molecule has 2 aromatic heterocycles. The number of rotatable bonds is 4. The van der Waals surface area contributed by atoms with Crippen molar-refractivity contribution in [3.63, 3.8) is 0 Å². The number of aryl methyl sites for hydroxylation is 1. The van der Waals surface area contributed by atoms with Crippen LogP contribution in [0.2, 0.25) is 5.02 Å². The van der Waals surface area contributed by atoms with Crippen LogP contribution in [0.1, 0.15) is 19.4 Å². The summed E-state index contributed by atoms with van der Waals surface area (Å²) in [6.45, 7) is 7.99. The van der Waals surface area contributed by atoms with Crippen molar-refractivity contribution >= 4 is 28.5 Å². The van der Waals surface area contributed by atoms with Crippen LogP contribution in [-0.2, 0) is 0 Å². The predicted octanol–water partition coefficient (Wildman–Crippen LogP) is 3.62. The summed E-state index contributed by atoms with van der Waals surface area (Å²) in [4.78, 5) is 11.0. The van der Waals surface area contributed by atoms with Crippen molar-refractivity contribution in [2.24, 2.45) is 0 Å². The maximum absolute atomic E-state index is 6.23. The summed E-state index contributed by atoms with van der Waals surface area (Å²) in [7, 11) is 0. The maximum Gasteiger partial charge on any atom is 0.168 e. The summed E-state index contributed by atoms with van der Waals surface area (Å²) in [6, 6.07) is 5.88. The van der Waals surface area contributed by atoms with E-state index >= 15 is 0 Å². The molecular weight excluding hydrogens is 298 g/mol. The molecule has 6 heteroatoms. The lowest BCUT2D eigenvalue weighted by Crippen LogP contribution is -2.23. The number of anilines is 1. The summed E-state index contributed by atoms with van der Waals surface area (Å²) in [6.07, 6.45) is 3.40. The van der Waals surface area contributed by atoms with E-state index in [1.807, 2.05) is 31.3 Å². The lowest BCUT2D eigenvalue weighted by atomic mass is 10.2. The van der Waals surface area contributed by atoms with Crippen LogP contribution in [0.3, 0.4) is 0 Å². The Kier molecular flexibility index (Phi) is 3.98. The fourth-order valence-electron chi connectivity index (χ4n) is 2.51. The van der Waals surface area contributed by atoms with Crippen molar-refractivity contribution in [2.45, 2.75) is 20.8 Å². The highest BCUT2D eigenvalue weighted by Gasteiger charge is 2.14. The van der Waals surface area contributed by atoms with Crippen LogP contribution < -0.4 is 4.90 Å². The molecule has 1 aromatic carbocycles. The first kappa shape index (κ1) is 14.8. The fourth-order valence-corrected chi connectivity index (χ4v) is 2.68. The zero-order chi connectivity index (χ0) is 15.7. The molecule has 114 valence electrons. The molecule has 0 saturated carbocycles. The van der Waals surface area contributed by atoms with Crippen molar-refractivity contribution in [3.8, 4) is 5.69 Å². The van der Waals surface area contributed by atoms with Gasteiger partial charge in [0.15, 0.2) is 5.65 Å². The topological polar surface area (TPSA) is 46.8 Å². The number of fused-ring (bicyclic) bond motifs is 1. The first-order valence-electron chi connectivity index (χ1n) is 7.35. The molecule has 5 nitrogen and oxygen atoms in total. The molecule has 0 aliphatic heterocycles. The molecule has 0 aliphatic carbocycles. The van der Waals surface area contributed by atoms with E-state index in [0.717, 1.165) is 46.2 Å². The lowest BCUT2D eigenvalue weighted by molar-refractivity contribution is 0.847. The number of benzene rings is 1. The smallest absolute Gasteiger partial charge is 0.168 e. The van der Waals surface area contributed by atoms with Crippen LogP contribution in [0.15, 0.2) is 30.7 Å². The summed E-state index contributed by atoms with van der Waals surface area (Å²) in [5.74, 6) is 0.916. The van der Waals surface area contributed by atoms with Crippen LogP contribution in [0.5, 0.6) is 0 Å². The third-order valence-corrected chi connectivity index (χ3v) is 4.21. The van der Waals surface area contributed by atoms with E-state index in [0.29, 0.717) is 0 Å². The van der Waals surface area contributed by atoms with Crippen LogP contribution in [0.4, 0.5) is 5.82 Å². The van der Waals surface area contributed by atoms with E-state index in [2.05, 4.69) is 33.8 Å². The van der Waals surface area contributed by atoms with Crippen molar-refractivity contribution in [2.75, 3.05) is 18.0 Å². The van der Waals surface area contributed by atoms with Crippen molar-refractivity contribution in [1.29, 1.82) is 0 Å². The van der Waals surface area contributed by atoms with E-state index in [1.54, 1.807) is 11.0 Å². The first-order valence-corrected chi connectivity index (χ1v) is 7.73. The average molecular weight is 316 g/mol. The van der Waals surface area contributed by atoms with E-state index in [9.17, 15) is 0 Å². The Balaban J connectivity index is 2.17. The number of nitrogens with zero attached hydrogens (tertiary/aromatic N) is 5. The molecule has 3 aromatic rings. The summed E-state index contributed by atoms with van der Waals surface area (Å²) in [5.41, 5.74) is 2.73. The number of hydrogen-bond donors (Lipinski definition) is 0. The highest BCUT2D eigenvalue weighted by Crippen LogP contribution is 2.26. The normalized spacial score (nSPS) is 11.1. The molecular formula is C16H18ClN5. The third-order valence-electron chi connectivity index (χ3n) is 3.81. The van der Waals surface area contributed by atoms with Crippen molar-refractivity contribution < 1.29 is 0 Å². The Morgan fingerprint density at radius 2 is 1.95 bits per heavy atom. The van der Waals surface area contributed by atoms with Crippen LogP contribution in [0, 0.1) is 6.92 Å². The average Bonchev–Trinajstić information content (AvgIpc) is 2.96. The van der Waals surface area contributed by atoms with Crippen molar-refractivity contribution in [3.05, 3.63) is 41.3 Å². The minimum absolute atomic E-state index is 0.721. The van der Waals surface area contributed by atoms with E-state index < -0.39 is 0 Å². The van der Waals surface area contributed by atoms with E-state index in [1.165, 1.54) is 0 Å². The van der Waals surface area contributed by atoms with Crippen LogP contribution in [-0.4, -0.2) is 32.8 Å². The van der Waals surface area contributed by atoms with Gasteiger partial charge in [0, 0.05) is 18.1 Å². The Labute approximate surface area is 134 Å². The largest absolute Gasteiger partial charge is 0.356 e. The van der Waals surface area contributed by atoms with Gasteiger partial charge in [0.05, 0.1) is 17.3 Å². The minimum Gasteiger partial charge on any atom is -0.356 e. The second-order valence-corrected chi connectivity index (χ2v) is 5.50. The molecule has 0 saturated heterocycles. The van der Waals surface area contributed by atoms with Gasteiger partial charge in [0.2, 0.25) is 0 Å². The first-order chi connectivity index (χ1) is 10.7. The fraction of sp³-hybridized carbons (Fsp3) is 0.312. The van der Waals surface area contributed by atoms with Gasteiger partial charge in [-0.15, -0.1) is 0 Å². The van der Waals surface area contributed by atoms with Gasteiger partial charge in [-0.25, -0.2) is 14.6 Å². The molecule has 0 unspecified atom stereocenters. The van der Waals surface area contributed by atoms with Gasteiger partial charge >= 0.3 is 0 Å². The summed E-state index contributed by atoms with van der Waals surface area (Å²) < 4.78 is 1.80. The molecule has 0 aliphatic rings. The van der Waals surface area contributed by atoms with Gasteiger partial charge in [0.25, 0.3) is 0 Å². The SMILES string of the molecule is CCN(CC)c1ncnc2c1cnn2-c1ccc(C)c(Cl)c1. The molecule has 22 heavy (non-hydrogen) atoms. The Morgan fingerprint density at radius 1 is 1.18 bits per heavy atom. The van der Waals surface area contributed by atoms with Gasteiger partial charge < -0.3 is 4.90 Å². The Bertz CT molecular complexity index is 807. The molecule has 0 atom stereocenters. The molecule has 0 fully saturated rings. The van der Waals surface area contributed by atoms with E-state index in [4.69, 9.17) is 11.6 Å². The summed E-state index contributed by atoms with van der Waals surface area (Å²) >= 11 is 6.23. The van der Waals surface area contributed by atoms with Crippen LogP contribution in [0.25, 0.3) is 16.7 Å². The van der Waals surface area contributed by atoms with Crippen LogP contribution >= 0.6 is 11.6 Å². The summed E-state index contributed by atoms with van der Waals surface area (Å²) in [5, 5.41) is 6.15.